The Morgan fingerprint density at radius 3 is 2.95 bits per heavy atom. The van der Waals surface area contributed by atoms with E-state index >= 15 is 0 Å². The monoisotopic (exact) mass is 280 g/mol. The fourth-order valence-corrected chi connectivity index (χ4v) is 2.77. The van der Waals surface area contributed by atoms with Crippen molar-refractivity contribution < 1.29 is 4.52 Å². The van der Waals surface area contributed by atoms with Gasteiger partial charge < -0.3 is 9.42 Å². The Hall–Kier alpha value is -1.30. The number of fused-ring (bicyclic) bond motifs is 1. The Morgan fingerprint density at radius 1 is 1.42 bits per heavy atom. The van der Waals surface area contributed by atoms with Gasteiger partial charge in [-0.05, 0) is 31.8 Å². The normalized spacial score (nSPS) is 12.8. The van der Waals surface area contributed by atoms with Crippen LogP contribution in [-0.2, 0) is 0 Å². The highest BCUT2D eigenvalue weighted by molar-refractivity contribution is 7.99. The van der Waals surface area contributed by atoms with Gasteiger partial charge in [-0.1, -0.05) is 12.1 Å². The summed E-state index contributed by atoms with van der Waals surface area (Å²) in [5, 5.41) is 4.88. The first kappa shape index (κ1) is 14.1. The highest BCUT2D eigenvalue weighted by atomic mass is 32.2. The van der Waals surface area contributed by atoms with Gasteiger partial charge >= 0.3 is 0 Å². The van der Waals surface area contributed by atoms with Gasteiger partial charge in [0, 0.05) is 13.1 Å². The topological polar surface area (TPSA) is 55.1 Å². The van der Waals surface area contributed by atoms with Crippen LogP contribution < -0.4 is 4.90 Å². The Morgan fingerprint density at radius 2 is 2.21 bits per heavy atom. The number of nitrogens with zero attached hydrogens (tertiary/aromatic N) is 4. The maximum atomic E-state index is 5.19. The highest BCUT2D eigenvalue weighted by Gasteiger charge is 2.18. The number of anilines is 1. The van der Waals surface area contributed by atoms with Crippen LogP contribution in [-0.4, -0.2) is 39.7 Å². The lowest BCUT2D eigenvalue weighted by Crippen LogP contribution is -2.30. The van der Waals surface area contributed by atoms with E-state index in [0.717, 1.165) is 23.3 Å². The van der Waals surface area contributed by atoms with Crippen LogP contribution in [0.3, 0.4) is 0 Å². The van der Waals surface area contributed by atoms with Crippen molar-refractivity contribution in [3.63, 3.8) is 0 Å². The standard InChI is InChI=1S/C13H20N4OS/c1-5-19-7-6-9(2)17(4)12-11-10(3)16-18-13(11)15-8-14-12/h8-9H,5-7H2,1-4H3/t9-/m0/s1. The third-order valence-corrected chi connectivity index (χ3v) is 4.24. The number of hydrogen-bond donors (Lipinski definition) is 0. The molecule has 0 bridgehead atoms. The van der Waals surface area contributed by atoms with E-state index in [2.05, 4.69) is 40.9 Å². The minimum absolute atomic E-state index is 0.423. The molecule has 0 amide bonds. The van der Waals surface area contributed by atoms with Crippen molar-refractivity contribution in [2.45, 2.75) is 33.2 Å². The minimum Gasteiger partial charge on any atom is -0.356 e. The molecule has 1 atom stereocenters. The molecule has 104 valence electrons. The molecule has 2 heterocycles. The molecule has 0 fully saturated rings. The Balaban J connectivity index is 2.20. The summed E-state index contributed by atoms with van der Waals surface area (Å²) in [7, 11) is 2.06. The maximum Gasteiger partial charge on any atom is 0.263 e. The summed E-state index contributed by atoms with van der Waals surface area (Å²) in [4.78, 5) is 10.7. The smallest absolute Gasteiger partial charge is 0.263 e. The van der Waals surface area contributed by atoms with Gasteiger partial charge in [0.25, 0.3) is 5.71 Å². The van der Waals surface area contributed by atoms with Crippen molar-refractivity contribution in [1.29, 1.82) is 0 Å². The second kappa shape index (κ2) is 6.23. The molecule has 0 saturated heterocycles. The zero-order valence-electron chi connectivity index (χ0n) is 11.9. The molecule has 0 aliphatic heterocycles. The van der Waals surface area contributed by atoms with Crippen LogP contribution in [0.2, 0.25) is 0 Å². The lowest BCUT2D eigenvalue weighted by molar-refractivity contribution is 0.442. The molecule has 2 aromatic rings. The molecule has 0 unspecified atom stereocenters. The molecule has 0 aliphatic rings. The van der Waals surface area contributed by atoms with E-state index in [1.165, 1.54) is 17.8 Å². The highest BCUT2D eigenvalue weighted by Crippen LogP contribution is 2.26. The van der Waals surface area contributed by atoms with Gasteiger partial charge in [-0.2, -0.15) is 16.7 Å². The molecule has 0 N–H and O–H groups in total. The average molecular weight is 280 g/mol. The third-order valence-electron chi connectivity index (χ3n) is 3.30. The van der Waals surface area contributed by atoms with Crippen molar-refractivity contribution in [2.24, 2.45) is 0 Å². The summed E-state index contributed by atoms with van der Waals surface area (Å²) in [5.74, 6) is 3.23. The van der Waals surface area contributed by atoms with Crippen molar-refractivity contribution >= 4 is 28.7 Å². The van der Waals surface area contributed by atoms with Gasteiger partial charge in [0.05, 0.1) is 5.69 Å². The summed E-state index contributed by atoms with van der Waals surface area (Å²) in [6, 6.07) is 0.423. The van der Waals surface area contributed by atoms with Gasteiger partial charge in [-0.25, -0.2) is 4.98 Å². The van der Waals surface area contributed by atoms with Crippen LogP contribution in [0.5, 0.6) is 0 Å². The molecular weight excluding hydrogens is 260 g/mol. The molecule has 0 radical (unpaired) electrons. The van der Waals surface area contributed by atoms with Crippen molar-refractivity contribution in [3.05, 3.63) is 12.0 Å². The Bertz CT molecular complexity index is 542. The quantitative estimate of drug-likeness (QED) is 0.758. The van der Waals surface area contributed by atoms with E-state index in [9.17, 15) is 0 Å². The predicted octanol–water partition coefficient (Wildman–Crippen LogP) is 2.89. The van der Waals surface area contributed by atoms with Gasteiger partial charge in [0.15, 0.2) is 0 Å². The molecule has 2 aromatic heterocycles. The number of hydrogen-bond acceptors (Lipinski definition) is 6. The second-order valence-electron chi connectivity index (χ2n) is 4.59. The van der Waals surface area contributed by atoms with Crippen LogP contribution >= 0.6 is 11.8 Å². The number of thioether (sulfide) groups is 1. The molecule has 6 heteroatoms. The first-order valence-corrected chi connectivity index (χ1v) is 7.68. The van der Waals surface area contributed by atoms with Crippen molar-refractivity contribution in [1.82, 2.24) is 15.1 Å². The lowest BCUT2D eigenvalue weighted by Gasteiger charge is -2.26. The van der Waals surface area contributed by atoms with Crippen LogP contribution in [0.15, 0.2) is 10.9 Å². The molecule has 19 heavy (non-hydrogen) atoms. The van der Waals surface area contributed by atoms with Gasteiger partial charge in [0.2, 0.25) is 0 Å². The Labute approximate surface area is 117 Å². The number of rotatable bonds is 6. The van der Waals surface area contributed by atoms with E-state index < -0.39 is 0 Å². The third kappa shape index (κ3) is 3.00. The summed E-state index contributed by atoms with van der Waals surface area (Å²) in [6.07, 6.45) is 2.66. The molecule has 0 saturated carbocycles. The van der Waals surface area contributed by atoms with Gasteiger partial charge in [0.1, 0.15) is 17.5 Å². The fraction of sp³-hybridized carbons (Fsp3) is 0.615. The maximum absolute atomic E-state index is 5.19. The van der Waals surface area contributed by atoms with Crippen molar-refractivity contribution in [2.75, 3.05) is 23.5 Å². The van der Waals surface area contributed by atoms with Crippen LogP contribution in [0.1, 0.15) is 26.0 Å². The summed E-state index contributed by atoms with van der Waals surface area (Å²) in [5.41, 5.74) is 1.40. The fourth-order valence-electron chi connectivity index (χ4n) is 1.97. The van der Waals surface area contributed by atoms with Crippen LogP contribution in [0, 0.1) is 6.92 Å². The van der Waals surface area contributed by atoms with Gasteiger partial charge in [-0.3, -0.25) is 0 Å². The van der Waals surface area contributed by atoms with E-state index in [1.54, 1.807) is 0 Å². The van der Waals surface area contributed by atoms with E-state index in [1.807, 2.05) is 18.7 Å². The zero-order valence-corrected chi connectivity index (χ0v) is 12.7. The zero-order chi connectivity index (χ0) is 13.8. The minimum atomic E-state index is 0.423. The molecular formula is C13H20N4OS. The largest absolute Gasteiger partial charge is 0.356 e. The van der Waals surface area contributed by atoms with E-state index in [4.69, 9.17) is 4.52 Å². The first-order valence-electron chi connectivity index (χ1n) is 6.52. The van der Waals surface area contributed by atoms with Crippen molar-refractivity contribution in [3.8, 4) is 0 Å². The average Bonchev–Trinajstić information content (AvgIpc) is 2.80. The van der Waals surface area contributed by atoms with Crippen LogP contribution in [0.25, 0.3) is 11.1 Å². The number of aryl methyl sites for hydroxylation is 1. The molecule has 2 rings (SSSR count). The number of aromatic nitrogens is 3. The molecule has 5 nitrogen and oxygen atoms in total. The van der Waals surface area contributed by atoms with E-state index in [0.29, 0.717) is 11.8 Å². The Kier molecular flexibility index (Phi) is 4.63. The van der Waals surface area contributed by atoms with Crippen LogP contribution in [0.4, 0.5) is 5.82 Å². The second-order valence-corrected chi connectivity index (χ2v) is 5.98. The van der Waals surface area contributed by atoms with Gasteiger partial charge in [-0.15, -0.1) is 0 Å². The summed E-state index contributed by atoms with van der Waals surface area (Å²) >= 11 is 1.97. The molecule has 0 aromatic carbocycles. The first-order chi connectivity index (χ1) is 9.15. The molecule has 0 spiro atoms. The SMILES string of the molecule is CCSCC[C@H](C)N(C)c1ncnc2onc(C)c12. The summed E-state index contributed by atoms with van der Waals surface area (Å²) in [6.45, 7) is 6.32. The van der Waals surface area contributed by atoms with E-state index in [-0.39, 0.29) is 0 Å². The molecule has 0 aliphatic carbocycles. The lowest BCUT2D eigenvalue weighted by atomic mass is 10.2. The predicted molar refractivity (Wildman–Crippen MR) is 79.8 cm³/mol. The summed E-state index contributed by atoms with van der Waals surface area (Å²) < 4.78 is 5.19.